The minimum Gasteiger partial charge on any atom is -0.319 e. The topological polar surface area (TPSA) is 12.5 Å². The van der Waals surface area contributed by atoms with E-state index in [0.29, 0.717) is 12.6 Å². The number of hydrogen-bond acceptors (Lipinski definition) is 2. The van der Waals surface area contributed by atoms with E-state index in [1.54, 1.807) is 0 Å². The van der Waals surface area contributed by atoms with Crippen LogP contribution in [0.4, 0.5) is 8.78 Å². The fourth-order valence-corrected chi connectivity index (χ4v) is 0.627. The maximum absolute atomic E-state index is 12.1. The van der Waals surface area contributed by atoms with Crippen LogP contribution in [0.15, 0.2) is 0 Å². The van der Waals surface area contributed by atoms with E-state index >= 15 is 0 Å². The van der Waals surface area contributed by atoms with Crippen LogP contribution in [0.1, 0.15) is 20.8 Å². The Bertz CT molecular complexity index is 123. The molecule has 0 atom stereocenters. The second-order valence-electron chi connectivity index (χ2n) is 3.23. The maximum atomic E-state index is 12.1. The lowest BCUT2D eigenvalue weighted by Crippen LogP contribution is -2.31. The van der Waals surface area contributed by atoms with Gasteiger partial charge >= 0.3 is 6.11 Å². The lowest BCUT2D eigenvalue weighted by molar-refractivity contribution is -0.225. The van der Waals surface area contributed by atoms with Crippen molar-refractivity contribution in [1.29, 1.82) is 0 Å². The molecular formula is C8H17F2NO. The average Bonchev–Trinajstić information content (AvgIpc) is 1.84. The van der Waals surface area contributed by atoms with Crippen LogP contribution in [-0.4, -0.2) is 37.2 Å². The smallest absolute Gasteiger partial charge is 0.319 e. The molecule has 0 heterocycles. The molecule has 0 saturated carbocycles. The molecule has 0 rings (SSSR count). The van der Waals surface area contributed by atoms with E-state index in [1.165, 1.54) is 0 Å². The number of rotatable bonds is 5. The van der Waals surface area contributed by atoms with Gasteiger partial charge in [-0.3, -0.25) is 0 Å². The van der Waals surface area contributed by atoms with Crippen molar-refractivity contribution in [2.45, 2.75) is 32.9 Å². The van der Waals surface area contributed by atoms with Gasteiger partial charge in [-0.2, -0.15) is 8.78 Å². The molecule has 0 N–H and O–H groups in total. The number of ether oxygens (including phenoxy) is 1. The van der Waals surface area contributed by atoms with Gasteiger partial charge in [0.2, 0.25) is 0 Å². The van der Waals surface area contributed by atoms with Crippen molar-refractivity contribution >= 4 is 0 Å². The highest BCUT2D eigenvalue weighted by atomic mass is 19.3. The SMILES string of the molecule is CC(C)N(C)CCOC(C)(F)F. The zero-order valence-corrected chi connectivity index (χ0v) is 8.10. The molecule has 0 aromatic rings. The number of halogens is 2. The van der Waals surface area contributed by atoms with Gasteiger partial charge in [0.15, 0.2) is 0 Å². The van der Waals surface area contributed by atoms with Crippen molar-refractivity contribution in [2.24, 2.45) is 0 Å². The van der Waals surface area contributed by atoms with E-state index in [0.717, 1.165) is 6.92 Å². The van der Waals surface area contributed by atoms with E-state index in [-0.39, 0.29) is 6.61 Å². The predicted octanol–water partition coefficient (Wildman–Crippen LogP) is 1.96. The van der Waals surface area contributed by atoms with Crippen molar-refractivity contribution in [1.82, 2.24) is 4.90 Å². The zero-order valence-electron chi connectivity index (χ0n) is 8.10. The van der Waals surface area contributed by atoms with Gasteiger partial charge in [0.05, 0.1) is 6.61 Å². The summed E-state index contributed by atoms with van der Waals surface area (Å²) in [6.45, 7) is 5.36. The molecule has 0 bridgehead atoms. The van der Waals surface area contributed by atoms with Crippen LogP contribution < -0.4 is 0 Å². The Hall–Kier alpha value is -0.220. The van der Waals surface area contributed by atoms with E-state index < -0.39 is 6.11 Å². The first-order chi connectivity index (χ1) is 5.33. The predicted molar refractivity (Wildman–Crippen MR) is 44.3 cm³/mol. The highest BCUT2D eigenvalue weighted by molar-refractivity contribution is 4.55. The summed E-state index contributed by atoms with van der Waals surface area (Å²) < 4.78 is 28.5. The molecule has 4 heteroatoms. The standard InChI is InChI=1S/C8H17F2NO/c1-7(2)11(4)5-6-12-8(3,9)10/h7H,5-6H2,1-4H3. The largest absolute Gasteiger partial charge is 0.352 e. The normalized spacial score (nSPS) is 13.0. The molecule has 0 amide bonds. The monoisotopic (exact) mass is 181 g/mol. The lowest BCUT2D eigenvalue weighted by atomic mass is 10.3. The van der Waals surface area contributed by atoms with Crippen LogP contribution >= 0.6 is 0 Å². The van der Waals surface area contributed by atoms with Crippen molar-refractivity contribution in [2.75, 3.05) is 20.2 Å². The summed E-state index contributed by atoms with van der Waals surface area (Å²) in [4.78, 5) is 1.95. The molecule has 12 heavy (non-hydrogen) atoms. The van der Waals surface area contributed by atoms with Crippen molar-refractivity contribution in [3.8, 4) is 0 Å². The molecule has 0 aliphatic rings. The van der Waals surface area contributed by atoms with Crippen LogP contribution in [0.5, 0.6) is 0 Å². The Morgan fingerprint density at radius 3 is 2.25 bits per heavy atom. The molecule has 0 aliphatic heterocycles. The number of hydrogen-bond donors (Lipinski definition) is 0. The Morgan fingerprint density at radius 1 is 1.42 bits per heavy atom. The van der Waals surface area contributed by atoms with Gasteiger partial charge in [0, 0.05) is 19.5 Å². The average molecular weight is 181 g/mol. The minimum atomic E-state index is -3.00. The zero-order chi connectivity index (χ0) is 9.78. The van der Waals surface area contributed by atoms with Crippen LogP contribution in [0.2, 0.25) is 0 Å². The molecule has 0 saturated heterocycles. The quantitative estimate of drug-likeness (QED) is 0.642. The highest BCUT2D eigenvalue weighted by Gasteiger charge is 2.21. The Balaban J connectivity index is 3.44. The second kappa shape index (κ2) is 4.72. The Labute approximate surface area is 72.5 Å². The third kappa shape index (κ3) is 6.49. The third-order valence-electron chi connectivity index (χ3n) is 1.68. The molecule has 0 unspecified atom stereocenters. The maximum Gasteiger partial charge on any atom is 0.352 e. The van der Waals surface area contributed by atoms with Gasteiger partial charge in [0.1, 0.15) is 0 Å². The van der Waals surface area contributed by atoms with E-state index in [9.17, 15) is 8.78 Å². The van der Waals surface area contributed by atoms with Gasteiger partial charge in [0.25, 0.3) is 0 Å². The fraction of sp³-hybridized carbons (Fsp3) is 1.00. The first kappa shape index (κ1) is 11.8. The molecule has 0 aromatic heterocycles. The Kier molecular flexibility index (Phi) is 4.63. The minimum absolute atomic E-state index is 0.0676. The van der Waals surface area contributed by atoms with Crippen molar-refractivity contribution in [3.63, 3.8) is 0 Å². The fourth-order valence-electron chi connectivity index (χ4n) is 0.627. The summed E-state index contributed by atoms with van der Waals surface area (Å²) in [5.74, 6) is 0. The number of likely N-dealkylation sites (N-methyl/N-ethyl adjacent to an activating group) is 1. The van der Waals surface area contributed by atoms with Gasteiger partial charge in [-0.05, 0) is 20.9 Å². The molecule has 0 fully saturated rings. The molecule has 0 aliphatic carbocycles. The lowest BCUT2D eigenvalue weighted by Gasteiger charge is -2.21. The van der Waals surface area contributed by atoms with Gasteiger partial charge in [-0.15, -0.1) is 0 Å². The number of alkyl halides is 2. The van der Waals surface area contributed by atoms with Gasteiger partial charge in [-0.1, -0.05) is 0 Å². The van der Waals surface area contributed by atoms with E-state index in [1.807, 2.05) is 25.8 Å². The highest BCUT2D eigenvalue weighted by Crippen LogP contribution is 2.12. The summed E-state index contributed by atoms with van der Waals surface area (Å²) in [5.41, 5.74) is 0. The molecule has 0 radical (unpaired) electrons. The van der Waals surface area contributed by atoms with Crippen LogP contribution in [0, 0.1) is 0 Å². The molecule has 2 nitrogen and oxygen atoms in total. The van der Waals surface area contributed by atoms with Crippen LogP contribution in [-0.2, 0) is 4.74 Å². The van der Waals surface area contributed by atoms with Gasteiger partial charge < -0.3 is 9.64 Å². The summed E-state index contributed by atoms with van der Waals surface area (Å²) >= 11 is 0. The second-order valence-corrected chi connectivity index (χ2v) is 3.23. The first-order valence-corrected chi connectivity index (χ1v) is 4.05. The third-order valence-corrected chi connectivity index (χ3v) is 1.68. The summed E-state index contributed by atoms with van der Waals surface area (Å²) in [6.07, 6.45) is -3.00. The van der Waals surface area contributed by atoms with Crippen molar-refractivity contribution in [3.05, 3.63) is 0 Å². The molecular weight excluding hydrogens is 164 g/mol. The van der Waals surface area contributed by atoms with Crippen LogP contribution in [0.25, 0.3) is 0 Å². The Morgan fingerprint density at radius 2 is 1.92 bits per heavy atom. The summed E-state index contributed by atoms with van der Waals surface area (Å²) in [5, 5.41) is 0. The number of nitrogens with zero attached hydrogens (tertiary/aromatic N) is 1. The summed E-state index contributed by atoms with van der Waals surface area (Å²) in [7, 11) is 1.88. The van der Waals surface area contributed by atoms with E-state index in [2.05, 4.69) is 4.74 Å². The van der Waals surface area contributed by atoms with Crippen LogP contribution in [0.3, 0.4) is 0 Å². The summed E-state index contributed by atoms with van der Waals surface area (Å²) in [6, 6.07) is 0.360. The van der Waals surface area contributed by atoms with E-state index in [4.69, 9.17) is 0 Å². The van der Waals surface area contributed by atoms with Gasteiger partial charge in [-0.25, -0.2) is 0 Å². The molecule has 74 valence electrons. The van der Waals surface area contributed by atoms with Crippen molar-refractivity contribution < 1.29 is 13.5 Å². The first-order valence-electron chi connectivity index (χ1n) is 4.05. The molecule has 0 spiro atoms. The molecule has 0 aromatic carbocycles.